The summed E-state index contributed by atoms with van der Waals surface area (Å²) in [6.45, 7) is 4.89. The molecular formula is C16H25N3O. The summed E-state index contributed by atoms with van der Waals surface area (Å²) in [6, 6.07) is 10.5. The van der Waals surface area contributed by atoms with Crippen molar-refractivity contribution < 1.29 is 4.74 Å². The molecular weight excluding hydrogens is 250 g/mol. The van der Waals surface area contributed by atoms with Crippen LogP contribution >= 0.6 is 0 Å². The van der Waals surface area contributed by atoms with E-state index >= 15 is 0 Å². The third-order valence-electron chi connectivity index (χ3n) is 3.91. The molecule has 3 N–H and O–H groups in total. The highest BCUT2D eigenvalue weighted by Gasteiger charge is 2.25. The molecule has 1 aliphatic heterocycles. The molecule has 0 bridgehead atoms. The van der Waals surface area contributed by atoms with Gasteiger partial charge in [0, 0.05) is 25.6 Å². The van der Waals surface area contributed by atoms with Gasteiger partial charge in [0.2, 0.25) is 0 Å². The van der Waals surface area contributed by atoms with E-state index in [0.717, 1.165) is 32.5 Å². The molecule has 0 spiro atoms. The van der Waals surface area contributed by atoms with Gasteiger partial charge in [-0.3, -0.25) is 10.3 Å². The van der Waals surface area contributed by atoms with E-state index in [9.17, 15) is 0 Å². The largest absolute Gasteiger partial charge is 0.388 e. The first kappa shape index (κ1) is 15.0. The molecule has 4 nitrogen and oxygen atoms in total. The Kier molecular flexibility index (Phi) is 5.56. The molecule has 1 saturated heterocycles. The molecule has 1 aromatic carbocycles. The molecule has 20 heavy (non-hydrogen) atoms. The minimum Gasteiger partial charge on any atom is -0.388 e. The van der Waals surface area contributed by atoms with Gasteiger partial charge in [-0.15, -0.1) is 0 Å². The van der Waals surface area contributed by atoms with Gasteiger partial charge in [-0.25, -0.2) is 0 Å². The maximum atomic E-state index is 7.65. The second kappa shape index (κ2) is 7.41. The fraction of sp³-hybridized carbons (Fsp3) is 0.562. The Labute approximate surface area is 121 Å². The van der Waals surface area contributed by atoms with Gasteiger partial charge in [-0.2, -0.15) is 0 Å². The highest BCUT2D eigenvalue weighted by molar-refractivity contribution is 5.77. The first-order valence-corrected chi connectivity index (χ1v) is 7.44. The first-order chi connectivity index (χ1) is 9.70. The predicted molar refractivity (Wildman–Crippen MR) is 81.9 cm³/mol. The van der Waals surface area contributed by atoms with Crippen molar-refractivity contribution in [2.45, 2.75) is 38.3 Å². The van der Waals surface area contributed by atoms with Gasteiger partial charge in [-0.1, -0.05) is 37.3 Å². The predicted octanol–water partition coefficient (Wildman–Crippen LogP) is 2.55. The smallest absolute Gasteiger partial charge is 0.0924 e. The third-order valence-corrected chi connectivity index (χ3v) is 3.91. The van der Waals surface area contributed by atoms with Crippen LogP contribution in [0.1, 0.15) is 37.8 Å². The van der Waals surface area contributed by atoms with E-state index in [1.165, 1.54) is 5.56 Å². The molecule has 4 heteroatoms. The van der Waals surface area contributed by atoms with Gasteiger partial charge in [0.25, 0.3) is 0 Å². The van der Waals surface area contributed by atoms with Crippen molar-refractivity contribution >= 4 is 5.84 Å². The molecule has 1 heterocycles. The fourth-order valence-electron chi connectivity index (χ4n) is 2.87. The molecule has 2 rings (SSSR count). The number of hydrogen-bond donors (Lipinski definition) is 2. The molecule has 0 saturated carbocycles. The van der Waals surface area contributed by atoms with Crippen LogP contribution in [0.2, 0.25) is 0 Å². The Morgan fingerprint density at radius 1 is 1.45 bits per heavy atom. The lowest BCUT2D eigenvalue weighted by molar-refractivity contribution is 0.0598. The summed E-state index contributed by atoms with van der Waals surface area (Å²) in [6.07, 6.45) is 3.20. The molecule has 2 unspecified atom stereocenters. The summed E-state index contributed by atoms with van der Waals surface area (Å²) in [5, 5.41) is 7.65. The van der Waals surface area contributed by atoms with Crippen molar-refractivity contribution in [2.75, 3.05) is 19.7 Å². The van der Waals surface area contributed by atoms with E-state index < -0.39 is 0 Å². The van der Waals surface area contributed by atoms with Gasteiger partial charge in [0.15, 0.2) is 0 Å². The quantitative estimate of drug-likeness (QED) is 0.594. The van der Waals surface area contributed by atoms with Crippen LogP contribution in [-0.4, -0.2) is 36.5 Å². The van der Waals surface area contributed by atoms with Crippen LogP contribution in [0.4, 0.5) is 0 Å². The third kappa shape index (κ3) is 4.05. The van der Waals surface area contributed by atoms with E-state index in [-0.39, 0.29) is 11.9 Å². The first-order valence-electron chi connectivity index (χ1n) is 7.44. The van der Waals surface area contributed by atoms with Crippen LogP contribution in [0, 0.1) is 5.41 Å². The SMILES string of the molecule is CCN(CC1CCCO1)C(CC(=N)N)c1ccccc1. The maximum absolute atomic E-state index is 7.65. The molecule has 2 atom stereocenters. The van der Waals surface area contributed by atoms with Crippen LogP contribution in [-0.2, 0) is 4.74 Å². The molecule has 1 aliphatic rings. The van der Waals surface area contributed by atoms with Crippen LogP contribution < -0.4 is 5.73 Å². The Bertz CT molecular complexity index is 415. The zero-order chi connectivity index (χ0) is 14.4. The monoisotopic (exact) mass is 275 g/mol. The number of nitrogens with one attached hydrogen (secondary N) is 1. The lowest BCUT2D eigenvalue weighted by Gasteiger charge is -2.32. The lowest BCUT2D eigenvalue weighted by atomic mass is 10.0. The van der Waals surface area contributed by atoms with E-state index in [1.807, 2.05) is 18.2 Å². The number of nitrogens with two attached hydrogens (primary N) is 1. The standard InChI is InChI=1S/C16H25N3O/c1-2-19(12-14-9-6-10-20-14)15(11-16(17)18)13-7-4-3-5-8-13/h3-5,7-8,14-15H,2,6,9-12H2,1H3,(H3,17,18). The molecule has 110 valence electrons. The van der Waals surface area contributed by atoms with Gasteiger partial charge in [0.05, 0.1) is 11.9 Å². The number of nitrogens with zero attached hydrogens (tertiary/aromatic N) is 1. The zero-order valence-electron chi connectivity index (χ0n) is 12.2. The van der Waals surface area contributed by atoms with Gasteiger partial charge < -0.3 is 10.5 Å². The van der Waals surface area contributed by atoms with E-state index in [2.05, 4.69) is 24.0 Å². The highest BCUT2D eigenvalue weighted by atomic mass is 16.5. The van der Waals surface area contributed by atoms with Crippen molar-refractivity contribution in [1.82, 2.24) is 4.90 Å². The highest BCUT2D eigenvalue weighted by Crippen LogP contribution is 2.26. The molecule has 0 aromatic heterocycles. The van der Waals surface area contributed by atoms with Gasteiger partial charge >= 0.3 is 0 Å². The van der Waals surface area contributed by atoms with Gasteiger partial charge in [0.1, 0.15) is 0 Å². The average Bonchev–Trinajstić information content (AvgIpc) is 2.96. The summed E-state index contributed by atoms with van der Waals surface area (Å²) < 4.78 is 5.75. The van der Waals surface area contributed by atoms with Crippen LogP contribution in [0.15, 0.2) is 30.3 Å². The minimum absolute atomic E-state index is 0.169. The Morgan fingerprint density at radius 3 is 2.75 bits per heavy atom. The number of rotatable bonds is 7. The average molecular weight is 275 g/mol. The molecule has 0 aliphatic carbocycles. The maximum Gasteiger partial charge on any atom is 0.0924 e. The van der Waals surface area contributed by atoms with E-state index in [4.69, 9.17) is 15.9 Å². The second-order valence-corrected chi connectivity index (χ2v) is 5.38. The number of ether oxygens (including phenoxy) is 1. The van der Waals surface area contributed by atoms with Crippen molar-refractivity contribution in [3.63, 3.8) is 0 Å². The van der Waals surface area contributed by atoms with E-state index in [0.29, 0.717) is 12.5 Å². The Morgan fingerprint density at radius 2 is 2.20 bits per heavy atom. The van der Waals surface area contributed by atoms with Crippen molar-refractivity contribution in [3.8, 4) is 0 Å². The summed E-state index contributed by atoms with van der Waals surface area (Å²) >= 11 is 0. The summed E-state index contributed by atoms with van der Waals surface area (Å²) in [7, 11) is 0. The van der Waals surface area contributed by atoms with E-state index in [1.54, 1.807) is 0 Å². The fourth-order valence-corrected chi connectivity index (χ4v) is 2.87. The lowest BCUT2D eigenvalue weighted by Crippen LogP contribution is -2.37. The van der Waals surface area contributed by atoms with Crippen LogP contribution in [0.3, 0.4) is 0 Å². The molecule has 1 fully saturated rings. The summed E-state index contributed by atoms with van der Waals surface area (Å²) in [5.74, 6) is 0.240. The molecule has 1 aromatic rings. The number of benzene rings is 1. The van der Waals surface area contributed by atoms with Crippen LogP contribution in [0.25, 0.3) is 0 Å². The Balaban J connectivity index is 2.12. The number of likely N-dealkylation sites (N-methyl/N-ethyl adjacent to an activating group) is 1. The van der Waals surface area contributed by atoms with Crippen molar-refractivity contribution in [3.05, 3.63) is 35.9 Å². The van der Waals surface area contributed by atoms with Crippen LogP contribution in [0.5, 0.6) is 0 Å². The van der Waals surface area contributed by atoms with Crippen molar-refractivity contribution in [2.24, 2.45) is 5.73 Å². The minimum atomic E-state index is 0.169. The summed E-state index contributed by atoms with van der Waals surface area (Å²) in [4.78, 5) is 2.38. The normalized spacial score (nSPS) is 20.2. The second-order valence-electron chi connectivity index (χ2n) is 5.38. The number of hydrogen-bond acceptors (Lipinski definition) is 3. The topological polar surface area (TPSA) is 62.3 Å². The Hall–Kier alpha value is -1.39. The van der Waals surface area contributed by atoms with Gasteiger partial charge in [-0.05, 0) is 24.9 Å². The number of amidine groups is 1. The van der Waals surface area contributed by atoms with Crippen molar-refractivity contribution in [1.29, 1.82) is 5.41 Å². The summed E-state index contributed by atoms with van der Waals surface area (Å²) in [5.41, 5.74) is 6.88. The molecule has 0 amide bonds. The zero-order valence-corrected chi connectivity index (χ0v) is 12.2. The molecule has 0 radical (unpaired) electrons.